The van der Waals surface area contributed by atoms with Crippen molar-refractivity contribution in [2.24, 2.45) is 0 Å². The molecule has 0 aromatic heterocycles. The molecule has 164 valence electrons. The van der Waals surface area contributed by atoms with E-state index in [2.05, 4.69) is 5.32 Å². The van der Waals surface area contributed by atoms with Crippen LogP contribution in [0.1, 0.15) is 25.0 Å². The number of nitrogens with zero attached hydrogens (tertiary/aromatic N) is 1. The van der Waals surface area contributed by atoms with E-state index in [1.165, 1.54) is 6.07 Å². The van der Waals surface area contributed by atoms with Gasteiger partial charge in [-0.1, -0.05) is 23.7 Å². The minimum Gasteiger partial charge on any atom is -0.493 e. The Morgan fingerprint density at radius 1 is 1.17 bits per heavy atom. The molecule has 0 radical (unpaired) electrons. The van der Waals surface area contributed by atoms with Crippen LogP contribution in [0.4, 0.5) is 5.69 Å². The predicted octanol–water partition coefficient (Wildman–Crippen LogP) is 3.53. The van der Waals surface area contributed by atoms with Gasteiger partial charge < -0.3 is 14.8 Å². The second kappa shape index (κ2) is 10.0. The summed E-state index contributed by atoms with van der Waals surface area (Å²) in [5.74, 6) is 0.725. The smallest absolute Gasteiger partial charge is 0.241 e. The fourth-order valence-corrected chi connectivity index (χ4v) is 3.72. The molecule has 0 saturated carbocycles. The van der Waals surface area contributed by atoms with Crippen molar-refractivity contribution in [1.29, 1.82) is 0 Å². The number of anilines is 1. The average Bonchev–Trinajstić information content (AvgIpc) is 2.66. The highest BCUT2D eigenvalue weighted by Gasteiger charge is 2.21. The molecule has 0 aliphatic rings. The topological polar surface area (TPSA) is 84.9 Å². The van der Waals surface area contributed by atoms with Crippen molar-refractivity contribution in [3.8, 4) is 11.5 Å². The predicted molar refractivity (Wildman–Crippen MR) is 119 cm³/mol. The summed E-state index contributed by atoms with van der Waals surface area (Å²) in [7, 11) is -2.13. The highest BCUT2D eigenvalue weighted by atomic mass is 35.5. The third-order valence-electron chi connectivity index (χ3n) is 4.21. The lowest BCUT2D eigenvalue weighted by molar-refractivity contribution is -0.119. The molecule has 0 atom stereocenters. The molecule has 0 heterocycles. The third-order valence-corrected chi connectivity index (χ3v) is 5.76. The molecule has 1 amide bonds. The Morgan fingerprint density at radius 2 is 1.87 bits per heavy atom. The Labute approximate surface area is 183 Å². The number of ether oxygens (including phenoxy) is 2. The van der Waals surface area contributed by atoms with E-state index in [1.807, 2.05) is 26.8 Å². The van der Waals surface area contributed by atoms with E-state index in [0.717, 1.165) is 21.7 Å². The van der Waals surface area contributed by atoms with E-state index < -0.39 is 15.9 Å². The largest absolute Gasteiger partial charge is 0.493 e. The maximum atomic E-state index is 12.5. The molecule has 9 heteroatoms. The first kappa shape index (κ1) is 23.8. The van der Waals surface area contributed by atoms with Crippen LogP contribution < -0.4 is 19.1 Å². The number of sulfonamides is 1. The lowest BCUT2D eigenvalue weighted by Crippen LogP contribution is -2.40. The summed E-state index contributed by atoms with van der Waals surface area (Å²) in [5.41, 5.74) is 1.94. The molecule has 7 nitrogen and oxygen atoms in total. The van der Waals surface area contributed by atoms with E-state index in [0.29, 0.717) is 22.2 Å². The second-order valence-electron chi connectivity index (χ2n) is 7.13. The van der Waals surface area contributed by atoms with Crippen LogP contribution in [0.25, 0.3) is 0 Å². The zero-order valence-electron chi connectivity index (χ0n) is 17.7. The number of methoxy groups -OCH3 is 1. The molecule has 1 N–H and O–H groups in total. The molecule has 0 bridgehead atoms. The Bertz CT molecular complexity index is 1010. The number of carbonyl (C=O) groups excluding carboxylic acids is 1. The molecule has 0 unspecified atom stereocenters. The summed E-state index contributed by atoms with van der Waals surface area (Å²) in [5, 5.41) is 3.16. The molecule has 0 aliphatic heterocycles. The van der Waals surface area contributed by atoms with Crippen molar-refractivity contribution in [2.75, 3.05) is 24.2 Å². The van der Waals surface area contributed by atoms with Crippen molar-refractivity contribution in [1.82, 2.24) is 5.32 Å². The highest BCUT2D eigenvalue weighted by molar-refractivity contribution is 7.92. The fraction of sp³-hybridized carbons (Fsp3) is 0.381. The van der Waals surface area contributed by atoms with E-state index in [9.17, 15) is 13.2 Å². The number of hydrogen-bond donors (Lipinski definition) is 1. The van der Waals surface area contributed by atoms with Crippen molar-refractivity contribution < 1.29 is 22.7 Å². The first-order valence-corrected chi connectivity index (χ1v) is 11.6. The van der Waals surface area contributed by atoms with Crippen LogP contribution >= 0.6 is 11.6 Å². The number of amides is 1. The van der Waals surface area contributed by atoms with Gasteiger partial charge >= 0.3 is 0 Å². The molecule has 2 aromatic rings. The molecular weight excluding hydrogens is 428 g/mol. The Hall–Kier alpha value is -2.45. The lowest BCUT2D eigenvalue weighted by Gasteiger charge is -2.22. The summed E-state index contributed by atoms with van der Waals surface area (Å²) in [6.07, 6.45) is 1.05. The molecule has 2 rings (SSSR count). The van der Waals surface area contributed by atoms with Gasteiger partial charge in [0.15, 0.2) is 11.5 Å². The van der Waals surface area contributed by atoms with Crippen molar-refractivity contribution >= 4 is 33.2 Å². The van der Waals surface area contributed by atoms with Crippen LogP contribution in [0.2, 0.25) is 5.02 Å². The van der Waals surface area contributed by atoms with Crippen molar-refractivity contribution in [3.63, 3.8) is 0 Å². The fourth-order valence-electron chi connectivity index (χ4n) is 2.70. The van der Waals surface area contributed by atoms with Crippen molar-refractivity contribution in [2.45, 2.75) is 33.4 Å². The maximum Gasteiger partial charge on any atom is 0.241 e. The number of hydrogen-bond acceptors (Lipinski definition) is 5. The van der Waals surface area contributed by atoms with E-state index >= 15 is 0 Å². The zero-order chi connectivity index (χ0) is 22.5. The lowest BCUT2D eigenvalue weighted by atomic mass is 10.2. The van der Waals surface area contributed by atoms with Gasteiger partial charge in [-0.3, -0.25) is 9.10 Å². The first-order chi connectivity index (χ1) is 14.0. The Balaban J connectivity index is 2.10. The molecule has 2 aromatic carbocycles. The Kier molecular flexibility index (Phi) is 7.97. The number of halogens is 1. The van der Waals surface area contributed by atoms with Gasteiger partial charge in [0, 0.05) is 11.6 Å². The minimum absolute atomic E-state index is 0.00158. The van der Waals surface area contributed by atoms with Gasteiger partial charge in [-0.15, -0.1) is 0 Å². The Morgan fingerprint density at radius 3 is 2.43 bits per heavy atom. The standard InChI is InChI=1S/C21H27ClN2O5S/c1-14(2)29-19-9-7-16(10-20(19)28-4)12-23-21(25)13-24(30(5,26)27)17-8-6-15(3)18(22)11-17/h6-11,14H,12-13H2,1-5H3,(H,23,25). The van der Waals surface area contributed by atoms with E-state index in [1.54, 1.807) is 31.4 Å². The maximum absolute atomic E-state index is 12.5. The van der Waals surface area contributed by atoms with Crippen LogP contribution in [0.15, 0.2) is 36.4 Å². The molecule has 0 spiro atoms. The number of rotatable bonds is 9. The summed E-state index contributed by atoms with van der Waals surface area (Å²) in [6, 6.07) is 10.2. The number of nitrogens with one attached hydrogen (secondary N) is 1. The van der Waals surface area contributed by atoms with Gasteiger partial charge in [0.1, 0.15) is 6.54 Å². The monoisotopic (exact) mass is 454 g/mol. The van der Waals surface area contributed by atoms with Crippen LogP contribution in [-0.4, -0.2) is 40.3 Å². The SMILES string of the molecule is COc1cc(CNC(=O)CN(c2ccc(C)c(Cl)c2)S(C)(=O)=O)ccc1OC(C)C. The van der Waals surface area contributed by atoms with Gasteiger partial charge in [0.05, 0.1) is 25.2 Å². The molecule has 30 heavy (non-hydrogen) atoms. The van der Waals surface area contributed by atoms with Crippen LogP contribution in [0, 0.1) is 6.92 Å². The molecule has 0 fully saturated rings. The van der Waals surface area contributed by atoms with Crippen LogP contribution in [-0.2, 0) is 21.4 Å². The van der Waals surface area contributed by atoms with E-state index in [4.69, 9.17) is 21.1 Å². The number of benzene rings is 2. The van der Waals surface area contributed by atoms with Crippen LogP contribution in [0.5, 0.6) is 11.5 Å². The summed E-state index contributed by atoms with van der Waals surface area (Å²) >= 11 is 6.11. The van der Waals surface area contributed by atoms with Gasteiger partial charge in [0.2, 0.25) is 15.9 Å². The summed E-state index contributed by atoms with van der Waals surface area (Å²) < 4.78 is 36.5. The highest BCUT2D eigenvalue weighted by Crippen LogP contribution is 2.29. The molecular formula is C21H27ClN2O5S. The molecule has 0 aliphatic carbocycles. The normalized spacial score (nSPS) is 11.3. The van der Waals surface area contributed by atoms with Gasteiger partial charge in [-0.2, -0.15) is 0 Å². The first-order valence-electron chi connectivity index (χ1n) is 9.35. The summed E-state index contributed by atoms with van der Waals surface area (Å²) in [4.78, 5) is 12.5. The number of carbonyl (C=O) groups is 1. The summed E-state index contributed by atoms with van der Waals surface area (Å²) in [6.45, 7) is 5.51. The van der Waals surface area contributed by atoms with Gasteiger partial charge in [0.25, 0.3) is 0 Å². The number of aryl methyl sites for hydroxylation is 1. The third kappa shape index (κ3) is 6.53. The zero-order valence-corrected chi connectivity index (χ0v) is 19.3. The van der Waals surface area contributed by atoms with Gasteiger partial charge in [-0.05, 0) is 56.2 Å². The average molecular weight is 455 g/mol. The van der Waals surface area contributed by atoms with Crippen molar-refractivity contribution in [3.05, 3.63) is 52.5 Å². The van der Waals surface area contributed by atoms with Gasteiger partial charge in [-0.25, -0.2) is 8.42 Å². The molecule has 0 saturated heterocycles. The van der Waals surface area contributed by atoms with Crippen LogP contribution in [0.3, 0.4) is 0 Å². The minimum atomic E-state index is -3.68. The second-order valence-corrected chi connectivity index (χ2v) is 9.45. The quantitative estimate of drug-likeness (QED) is 0.626. The van der Waals surface area contributed by atoms with E-state index in [-0.39, 0.29) is 19.2 Å².